The third-order valence-corrected chi connectivity index (χ3v) is 4.50. The molecular formula is C18H17N3O5S. The van der Waals surface area contributed by atoms with Crippen LogP contribution in [-0.2, 0) is 15.3 Å². The molecule has 2 heterocycles. The Hall–Kier alpha value is -3.07. The van der Waals surface area contributed by atoms with Gasteiger partial charge in [0.1, 0.15) is 11.5 Å². The lowest BCUT2D eigenvalue weighted by atomic mass is 10.2. The van der Waals surface area contributed by atoms with Gasteiger partial charge in [-0.2, -0.15) is 0 Å². The van der Waals surface area contributed by atoms with Crippen molar-refractivity contribution in [3.8, 4) is 0 Å². The van der Waals surface area contributed by atoms with Gasteiger partial charge < -0.3 is 19.1 Å². The summed E-state index contributed by atoms with van der Waals surface area (Å²) in [4.78, 5) is 25.0. The van der Waals surface area contributed by atoms with E-state index in [0.717, 1.165) is 16.3 Å². The highest BCUT2D eigenvalue weighted by atomic mass is 32.2. The molecule has 0 saturated carbocycles. The molecule has 0 unspecified atom stereocenters. The van der Waals surface area contributed by atoms with E-state index in [2.05, 4.69) is 15.6 Å². The molecule has 0 aliphatic carbocycles. The molecular weight excluding hydrogens is 370 g/mol. The van der Waals surface area contributed by atoms with Crippen LogP contribution < -0.4 is 5.32 Å². The van der Waals surface area contributed by atoms with Crippen LogP contribution in [0.5, 0.6) is 0 Å². The molecule has 0 spiro atoms. The number of aryl methyl sites for hydroxylation is 2. The molecule has 2 aromatic heterocycles. The van der Waals surface area contributed by atoms with Crippen molar-refractivity contribution in [3.05, 3.63) is 59.2 Å². The SMILES string of the molecule is Cc1cc(CSc2ccccc2C(=O)OCC(=O)Nc2cc(C)on2)no1. The zero-order valence-corrected chi connectivity index (χ0v) is 15.5. The van der Waals surface area contributed by atoms with E-state index in [1.54, 1.807) is 25.1 Å². The second kappa shape index (κ2) is 8.54. The minimum atomic E-state index is -0.582. The van der Waals surface area contributed by atoms with Crippen LogP contribution in [0.3, 0.4) is 0 Å². The number of rotatable bonds is 7. The molecule has 0 atom stereocenters. The summed E-state index contributed by atoms with van der Waals surface area (Å²) >= 11 is 1.44. The number of carbonyl (C=O) groups is 2. The largest absolute Gasteiger partial charge is 0.452 e. The van der Waals surface area contributed by atoms with Crippen LogP contribution in [0.15, 0.2) is 50.3 Å². The molecule has 27 heavy (non-hydrogen) atoms. The van der Waals surface area contributed by atoms with Gasteiger partial charge in [0.25, 0.3) is 5.91 Å². The zero-order chi connectivity index (χ0) is 19.2. The molecule has 3 rings (SSSR count). The van der Waals surface area contributed by atoms with E-state index in [1.807, 2.05) is 25.1 Å². The number of amides is 1. The van der Waals surface area contributed by atoms with E-state index in [-0.39, 0.29) is 5.82 Å². The van der Waals surface area contributed by atoms with Gasteiger partial charge in [-0.15, -0.1) is 11.8 Å². The van der Waals surface area contributed by atoms with Gasteiger partial charge in [-0.1, -0.05) is 22.4 Å². The summed E-state index contributed by atoms with van der Waals surface area (Å²) in [6, 6.07) is 10.4. The number of benzene rings is 1. The van der Waals surface area contributed by atoms with Gasteiger partial charge in [0, 0.05) is 22.8 Å². The molecule has 0 saturated heterocycles. The third kappa shape index (κ3) is 5.20. The number of anilines is 1. The number of nitrogens with zero attached hydrogens (tertiary/aromatic N) is 2. The number of hydrogen-bond donors (Lipinski definition) is 1. The predicted molar refractivity (Wildman–Crippen MR) is 97.4 cm³/mol. The van der Waals surface area contributed by atoms with Crippen LogP contribution in [0.4, 0.5) is 5.82 Å². The molecule has 1 N–H and O–H groups in total. The lowest BCUT2D eigenvalue weighted by Gasteiger charge is -2.08. The second-order valence-corrected chi connectivity index (χ2v) is 6.68. The molecule has 0 fully saturated rings. The second-order valence-electron chi connectivity index (χ2n) is 5.66. The standard InChI is InChI=1S/C18H17N3O5S/c1-11-7-13(20-25-11)10-27-15-6-4-3-5-14(15)18(23)24-9-17(22)19-16-8-12(2)26-21-16/h3-8H,9-10H2,1-2H3,(H,19,21,22). The van der Waals surface area contributed by atoms with Gasteiger partial charge in [0.05, 0.1) is 11.3 Å². The summed E-state index contributed by atoms with van der Waals surface area (Å²) < 4.78 is 15.0. The number of thioether (sulfide) groups is 1. The molecule has 8 nitrogen and oxygen atoms in total. The molecule has 1 amide bonds. The number of nitrogens with one attached hydrogen (secondary N) is 1. The molecule has 1 aromatic carbocycles. The number of hydrogen-bond acceptors (Lipinski definition) is 8. The van der Waals surface area contributed by atoms with Crippen molar-refractivity contribution >= 4 is 29.5 Å². The Morgan fingerprint density at radius 1 is 1.11 bits per heavy atom. The summed E-state index contributed by atoms with van der Waals surface area (Å²) in [6.45, 7) is 3.10. The number of aromatic nitrogens is 2. The Labute approximate surface area is 159 Å². The van der Waals surface area contributed by atoms with Gasteiger partial charge in [-0.25, -0.2) is 4.79 Å². The summed E-state index contributed by atoms with van der Waals surface area (Å²) in [7, 11) is 0. The summed E-state index contributed by atoms with van der Waals surface area (Å²) in [5.41, 5.74) is 1.16. The Kier molecular flexibility index (Phi) is 5.92. The van der Waals surface area contributed by atoms with Crippen LogP contribution in [0.25, 0.3) is 0 Å². The fourth-order valence-electron chi connectivity index (χ4n) is 2.21. The number of esters is 1. The average Bonchev–Trinajstić information content (AvgIpc) is 3.26. The van der Waals surface area contributed by atoms with Crippen molar-refractivity contribution < 1.29 is 23.4 Å². The van der Waals surface area contributed by atoms with Gasteiger partial charge in [-0.3, -0.25) is 4.79 Å². The lowest BCUT2D eigenvalue weighted by molar-refractivity contribution is -0.119. The maximum Gasteiger partial charge on any atom is 0.339 e. The van der Waals surface area contributed by atoms with Gasteiger partial charge in [-0.05, 0) is 26.0 Å². The van der Waals surface area contributed by atoms with Gasteiger partial charge in [0.2, 0.25) is 0 Å². The molecule has 0 aliphatic heterocycles. The van der Waals surface area contributed by atoms with Crippen LogP contribution in [0, 0.1) is 13.8 Å². The predicted octanol–water partition coefficient (Wildman–Crippen LogP) is 3.37. The quantitative estimate of drug-likeness (QED) is 0.486. The van der Waals surface area contributed by atoms with Crippen molar-refractivity contribution in [1.82, 2.24) is 10.3 Å². The van der Waals surface area contributed by atoms with Crippen LogP contribution >= 0.6 is 11.8 Å². The fraction of sp³-hybridized carbons (Fsp3) is 0.222. The number of ether oxygens (including phenoxy) is 1. The van der Waals surface area contributed by atoms with Gasteiger partial charge in [0.15, 0.2) is 12.4 Å². The Bertz CT molecular complexity index is 950. The monoisotopic (exact) mass is 387 g/mol. The van der Waals surface area contributed by atoms with E-state index in [4.69, 9.17) is 13.8 Å². The van der Waals surface area contributed by atoms with Crippen molar-refractivity contribution in [1.29, 1.82) is 0 Å². The fourth-order valence-corrected chi connectivity index (χ4v) is 3.13. The lowest BCUT2D eigenvalue weighted by Crippen LogP contribution is -2.21. The molecule has 140 valence electrons. The van der Waals surface area contributed by atoms with E-state index < -0.39 is 18.5 Å². The van der Waals surface area contributed by atoms with Crippen LogP contribution in [0.1, 0.15) is 27.6 Å². The first kappa shape index (κ1) is 18.7. The van der Waals surface area contributed by atoms with Crippen LogP contribution in [-0.4, -0.2) is 28.8 Å². The molecule has 0 aliphatic rings. The third-order valence-electron chi connectivity index (χ3n) is 3.39. The first-order chi connectivity index (χ1) is 13.0. The highest BCUT2D eigenvalue weighted by Gasteiger charge is 2.16. The van der Waals surface area contributed by atoms with Crippen molar-refractivity contribution in [2.24, 2.45) is 0 Å². The zero-order valence-electron chi connectivity index (χ0n) is 14.7. The molecule has 9 heteroatoms. The normalized spacial score (nSPS) is 10.6. The Morgan fingerprint density at radius 3 is 2.56 bits per heavy atom. The van der Waals surface area contributed by atoms with E-state index in [0.29, 0.717) is 17.1 Å². The summed E-state index contributed by atoms with van der Waals surface area (Å²) in [5, 5.41) is 10.1. The minimum absolute atomic E-state index is 0.271. The van der Waals surface area contributed by atoms with E-state index in [9.17, 15) is 9.59 Å². The molecule has 3 aromatic rings. The number of carbonyl (C=O) groups excluding carboxylic acids is 2. The first-order valence-corrected chi connectivity index (χ1v) is 9.04. The molecule has 0 radical (unpaired) electrons. The maximum atomic E-state index is 12.4. The van der Waals surface area contributed by atoms with E-state index in [1.165, 1.54) is 11.8 Å². The summed E-state index contributed by atoms with van der Waals surface area (Å²) in [5.74, 6) is 1.03. The van der Waals surface area contributed by atoms with Gasteiger partial charge >= 0.3 is 5.97 Å². The highest BCUT2D eigenvalue weighted by Crippen LogP contribution is 2.26. The van der Waals surface area contributed by atoms with Crippen LogP contribution in [0.2, 0.25) is 0 Å². The average molecular weight is 387 g/mol. The minimum Gasteiger partial charge on any atom is -0.452 e. The Morgan fingerprint density at radius 2 is 1.85 bits per heavy atom. The van der Waals surface area contributed by atoms with Crippen molar-refractivity contribution in [2.75, 3.05) is 11.9 Å². The topological polar surface area (TPSA) is 107 Å². The first-order valence-electron chi connectivity index (χ1n) is 8.05. The highest BCUT2D eigenvalue weighted by molar-refractivity contribution is 7.98. The maximum absolute atomic E-state index is 12.4. The van der Waals surface area contributed by atoms with E-state index >= 15 is 0 Å². The summed E-state index contributed by atoms with van der Waals surface area (Å²) in [6.07, 6.45) is 0. The molecule has 0 bridgehead atoms. The van der Waals surface area contributed by atoms with Crippen molar-refractivity contribution in [2.45, 2.75) is 24.5 Å². The smallest absolute Gasteiger partial charge is 0.339 e. The van der Waals surface area contributed by atoms with Crippen molar-refractivity contribution in [3.63, 3.8) is 0 Å². The Balaban J connectivity index is 1.56.